The van der Waals surface area contributed by atoms with E-state index in [9.17, 15) is 9.90 Å². The molecule has 3 rings (SSSR count). The molecular formula is C15H19ClN2O2. The van der Waals surface area contributed by atoms with E-state index < -0.39 is 0 Å². The molecule has 1 amide bonds. The summed E-state index contributed by atoms with van der Waals surface area (Å²) in [5.74, 6) is -0.0295. The maximum absolute atomic E-state index is 12.5. The first-order valence-electron chi connectivity index (χ1n) is 7.19. The van der Waals surface area contributed by atoms with E-state index in [4.69, 9.17) is 11.6 Å². The summed E-state index contributed by atoms with van der Waals surface area (Å²) in [4.78, 5) is 18.4. The van der Waals surface area contributed by atoms with Crippen molar-refractivity contribution in [1.29, 1.82) is 0 Å². The fraction of sp³-hybridized carbons (Fsp3) is 0.600. The predicted molar refractivity (Wildman–Crippen MR) is 76.7 cm³/mol. The standard InChI is InChI=1S/C15H19ClN2O2/c16-12-7-11(8-17-9-12)14(20)18-6-2-5-15(10-18)4-1-3-13(15)19/h7-9,13,19H,1-6,10H2/t13-,15-/m1/s1. The third kappa shape index (κ3) is 2.42. The molecule has 2 heterocycles. The number of likely N-dealkylation sites (tertiary alicyclic amines) is 1. The van der Waals surface area contributed by atoms with Gasteiger partial charge in [0.1, 0.15) is 0 Å². The highest BCUT2D eigenvalue weighted by atomic mass is 35.5. The average Bonchev–Trinajstić information content (AvgIpc) is 2.79. The number of halogens is 1. The number of piperidine rings is 1. The molecule has 0 radical (unpaired) electrons. The molecule has 2 aliphatic rings. The maximum Gasteiger partial charge on any atom is 0.255 e. The molecule has 1 spiro atoms. The van der Waals surface area contributed by atoms with Gasteiger partial charge in [0.05, 0.1) is 16.7 Å². The fourth-order valence-corrected chi connectivity index (χ4v) is 3.82. The smallest absolute Gasteiger partial charge is 0.255 e. The largest absolute Gasteiger partial charge is 0.392 e. The first-order chi connectivity index (χ1) is 9.61. The van der Waals surface area contributed by atoms with Gasteiger partial charge in [-0.2, -0.15) is 0 Å². The van der Waals surface area contributed by atoms with Crippen LogP contribution in [0.1, 0.15) is 42.5 Å². The highest BCUT2D eigenvalue weighted by Crippen LogP contribution is 2.45. The SMILES string of the molecule is O=C(c1cncc(Cl)c1)N1CCC[C@]2(CCC[C@H]2O)C1. The van der Waals surface area contributed by atoms with E-state index in [1.54, 1.807) is 12.3 Å². The van der Waals surface area contributed by atoms with Crippen molar-refractivity contribution >= 4 is 17.5 Å². The van der Waals surface area contributed by atoms with Crippen LogP contribution >= 0.6 is 11.6 Å². The van der Waals surface area contributed by atoms with E-state index in [0.717, 1.165) is 38.6 Å². The molecule has 1 aliphatic carbocycles. The van der Waals surface area contributed by atoms with E-state index in [1.165, 1.54) is 6.20 Å². The van der Waals surface area contributed by atoms with Gasteiger partial charge >= 0.3 is 0 Å². The van der Waals surface area contributed by atoms with Gasteiger partial charge in [-0.3, -0.25) is 9.78 Å². The normalized spacial score (nSPS) is 29.9. The highest BCUT2D eigenvalue weighted by Gasteiger charge is 2.45. The van der Waals surface area contributed by atoms with Crippen molar-refractivity contribution in [3.63, 3.8) is 0 Å². The van der Waals surface area contributed by atoms with Gasteiger partial charge in [0.25, 0.3) is 5.91 Å². The summed E-state index contributed by atoms with van der Waals surface area (Å²) < 4.78 is 0. The molecule has 2 atom stereocenters. The topological polar surface area (TPSA) is 53.4 Å². The lowest BCUT2D eigenvalue weighted by Crippen LogP contribution is -2.49. The maximum atomic E-state index is 12.5. The van der Waals surface area contributed by atoms with Crippen LogP contribution in [0.2, 0.25) is 5.02 Å². The minimum absolute atomic E-state index is 0.0295. The molecule has 2 fully saturated rings. The van der Waals surface area contributed by atoms with Gasteiger partial charge in [0.15, 0.2) is 0 Å². The molecule has 0 unspecified atom stereocenters. The number of hydrogen-bond acceptors (Lipinski definition) is 3. The van der Waals surface area contributed by atoms with E-state index in [1.807, 2.05) is 4.90 Å². The number of hydrogen-bond donors (Lipinski definition) is 1. The predicted octanol–water partition coefficient (Wildman–Crippen LogP) is 2.50. The molecule has 0 bridgehead atoms. The van der Waals surface area contributed by atoms with Crippen LogP contribution in [-0.2, 0) is 0 Å². The highest BCUT2D eigenvalue weighted by molar-refractivity contribution is 6.30. The quantitative estimate of drug-likeness (QED) is 0.866. The number of aliphatic hydroxyl groups excluding tert-OH is 1. The van der Waals surface area contributed by atoms with E-state index >= 15 is 0 Å². The molecule has 0 aromatic carbocycles. The van der Waals surface area contributed by atoms with Gasteiger partial charge in [-0.1, -0.05) is 18.0 Å². The van der Waals surface area contributed by atoms with Crippen molar-refractivity contribution in [2.75, 3.05) is 13.1 Å². The molecule has 1 aromatic heterocycles. The minimum atomic E-state index is -0.268. The van der Waals surface area contributed by atoms with E-state index in [0.29, 0.717) is 17.1 Å². The summed E-state index contributed by atoms with van der Waals surface area (Å²) in [6.07, 6.45) is 7.73. The van der Waals surface area contributed by atoms with Crippen molar-refractivity contribution in [2.45, 2.75) is 38.2 Å². The molecular weight excluding hydrogens is 276 g/mol. The first kappa shape index (κ1) is 13.8. The van der Waals surface area contributed by atoms with Crippen LogP contribution in [0.3, 0.4) is 0 Å². The van der Waals surface area contributed by atoms with Crippen LogP contribution in [-0.4, -0.2) is 40.1 Å². The van der Waals surface area contributed by atoms with Gasteiger partial charge in [-0.05, 0) is 31.7 Å². The Balaban J connectivity index is 1.78. The Morgan fingerprint density at radius 3 is 2.90 bits per heavy atom. The summed E-state index contributed by atoms with van der Waals surface area (Å²) in [7, 11) is 0. The summed E-state index contributed by atoms with van der Waals surface area (Å²) in [6.45, 7) is 1.40. The van der Waals surface area contributed by atoms with Crippen molar-refractivity contribution in [3.05, 3.63) is 29.0 Å². The van der Waals surface area contributed by atoms with Gasteiger partial charge in [0.2, 0.25) is 0 Å². The molecule has 5 heteroatoms. The molecule has 1 saturated heterocycles. The zero-order valence-corrected chi connectivity index (χ0v) is 12.1. The third-order valence-electron chi connectivity index (χ3n) is 4.71. The number of aliphatic hydroxyl groups is 1. The van der Waals surface area contributed by atoms with Crippen LogP contribution in [0.5, 0.6) is 0 Å². The number of nitrogens with zero attached hydrogens (tertiary/aromatic N) is 2. The van der Waals surface area contributed by atoms with Crippen molar-refractivity contribution in [2.24, 2.45) is 5.41 Å². The zero-order valence-electron chi connectivity index (χ0n) is 11.4. The van der Waals surface area contributed by atoms with E-state index in [2.05, 4.69) is 4.98 Å². The number of rotatable bonds is 1. The van der Waals surface area contributed by atoms with Crippen molar-refractivity contribution < 1.29 is 9.90 Å². The number of pyridine rings is 1. The Morgan fingerprint density at radius 1 is 1.40 bits per heavy atom. The zero-order chi connectivity index (χ0) is 14.2. The van der Waals surface area contributed by atoms with E-state index in [-0.39, 0.29) is 17.4 Å². The Bertz CT molecular complexity index is 522. The lowest BCUT2D eigenvalue weighted by atomic mass is 9.76. The summed E-state index contributed by atoms with van der Waals surface area (Å²) >= 11 is 5.90. The number of amides is 1. The fourth-order valence-electron chi connectivity index (χ4n) is 3.64. The second kappa shape index (κ2) is 5.34. The lowest BCUT2D eigenvalue weighted by Gasteiger charge is -2.42. The number of carbonyl (C=O) groups is 1. The molecule has 1 aromatic rings. The molecule has 20 heavy (non-hydrogen) atoms. The van der Waals surface area contributed by atoms with Gasteiger partial charge in [-0.15, -0.1) is 0 Å². The van der Waals surface area contributed by atoms with Gasteiger partial charge in [0, 0.05) is 30.9 Å². The average molecular weight is 295 g/mol. The Kier molecular flexibility index (Phi) is 3.69. The second-order valence-corrected chi connectivity index (χ2v) is 6.43. The van der Waals surface area contributed by atoms with Crippen LogP contribution in [0.4, 0.5) is 0 Å². The lowest BCUT2D eigenvalue weighted by molar-refractivity contribution is -0.00537. The first-order valence-corrected chi connectivity index (χ1v) is 7.56. The van der Waals surface area contributed by atoms with Gasteiger partial charge < -0.3 is 10.0 Å². The Labute approximate surface area is 123 Å². The van der Waals surface area contributed by atoms with Crippen LogP contribution in [0.25, 0.3) is 0 Å². The third-order valence-corrected chi connectivity index (χ3v) is 4.91. The van der Waals surface area contributed by atoms with Crippen LogP contribution < -0.4 is 0 Å². The summed E-state index contributed by atoms with van der Waals surface area (Å²) in [5, 5.41) is 10.7. The minimum Gasteiger partial charge on any atom is -0.392 e. The van der Waals surface area contributed by atoms with Crippen LogP contribution in [0, 0.1) is 5.41 Å². The van der Waals surface area contributed by atoms with Crippen molar-refractivity contribution in [3.8, 4) is 0 Å². The molecule has 108 valence electrons. The van der Waals surface area contributed by atoms with Gasteiger partial charge in [-0.25, -0.2) is 0 Å². The Morgan fingerprint density at radius 2 is 2.20 bits per heavy atom. The van der Waals surface area contributed by atoms with Crippen LogP contribution in [0.15, 0.2) is 18.5 Å². The summed E-state index contributed by atoms with van der Waals surface area (Å²) in [5.41, 5.74) is 0.446. The monoisotopic (exact) mass is 294 g/mol. The molecule has 1 N–H and O–H groups in total. The Hall–Kier alpha value is -1.13. The molecule has 1 saturated carbocycles. The molecule has 4 nitrogen and oxygen atoms in total. The van der Waals surface area contributed by atoms with Crippen molar-refractivity contribution in [1.82, 2.24) is 9.88 Å². The number of carbonyl (C=O) groups excluding carboxylic acids is 1. The second-order valence-electron chi connectivity index (χ2n) is 5.99. The number of aromatic nitrogens is 1. The summed E-state index contributed by atoms with van der Waals surface area (Å²) in [6, 6.07) is 1.66. The molecule has 1 aliphatic heterocycles.